The van der Waals surface area contributed by atoms with Gasteiger partial charge in [0.2, 0.25) is 0 Å². The Morgan fingerprint density at radius 3 is 2.94 bits per heavy atom. The molecule has 0 aliphatic carbocycles. The largest absolute Gasteiger partial charge is 0.489 e. The van der Waals surface area contributed by atoms with Crippen LogP contribution in [0.25, 0.3) is 0 Å². The molecule has 1 aromatic rings. The Hall–Kier alpha value is -0.610. The summed E-state index contributed by atoms with van der Waals surface area (Å²) in [7, 11) is 0. The lowest BCUT2D eigenvalue weighted by atomic mass is 10.2. The molecule has 4 heteroatoms. The highest BCUT2D eigenvalue weighted by Gasteiger charge is 2.04. The van der Waals surface area contributed by atoms with Gasteiger partial charge in [0.05, 0.1) is 12.3 Å². The Morgan fingerprint density at radius 2 is 2.24 bits per heavy atom. The van der Waals surface area contributed by atoms with Crippen molar-refractivity contribution in [3.8, 4) is 5.75 Å². The summed E-state index contributed by atoms with van der Waals surface area (Å²) in [4.78, 5) is 4.07. The summed E-state index contributed by atoms with van der Waals surface area (Å²) in [6.07, 6.45) is 7.12. The summed E-state index contributed by atoms with van der Waals surface area (Å²) in [6.45, 7) is 6.45. The lowest BCUT2D eigenvalue weighted by Gasteiger charge is -2.14. The maximum atomic E-state index is 5.78. The minimum atomic E-state index is 0.231. The molecule has 17 heavy (non-hydrogen) atoms. The van der Waals surface area contributed by atoms with Crippen LogP contribution < -0.4 is 10.1 Å². The quantitative estimate of drug-likeness (QED) is 0.747. The minimum Gasteiger partial charge on any atom is -0.489 e. The first-order valence-electron chi connectivity index (χ1n) is 6.20. The lowest BCUT2D eigenvalue weighted by molar-refractivity contribution is 0.206. The van der Waals surface area contributed by atoms with Gasteiger partial charge in [-0.3, -0.25) is 4.98 Å². The Balaban J connectivity index is 2.18. The number of hydrogen-bond acceptors (Lipinski definition) is 3. The van der Waals surface area contributed by atoms with Crippen LogP contribution in [0.3, 0.4) is 0 Å². The van der Waals surface area contributed by atoms with Gasteiger partial charge in [0.1, 0.15) is 5.75 Å². The van der Waals surface area contributed by atoms with Gasteiger partial charge in [-0.1, -0.05) is 6.92 Å². The second kappa shape index (κ2) is 8.48. The average molecular weight is 301 g/mol. The topological polar surface area (TPSA) is 34.1 Å². The van der Waals surface area contributed by atoms with Crippen LogP contribution in [0.2, 0.25) is 0 Å². The number of hydrogen-bond donors (Lipinski definition) is 1. The van der Waals surface area contributed by atoms with Gasteiger partial charge in [0.25, 0.3) is 0 Å². The number of rotatable bonds is 8. The minimum absolute atomic E-state index is 0.231. The van der Waals surface area contributed by atoms with Gasteiger partial charge < -0.3 is 10.1 Å². The van der Waals surface area contributed by atoms with Crippen LogP contribution in [0.5, 0.6) is 5.75 Å². The fraction of sp³-hybridized carbons (Fsp3) is 0.615. The molecule has 1 aromatic heterocycles. The number of halogens is 1. The van der Waals surface area contributed by atoms with Gasteiger partial charge in [0.15, 0.2) is 0 Å². The molecular formula is C13H21BrN2O. The summed E-state index contributed by atoms with van der Waals surface area (Å²) >= 11 is 3.38. The zero-order chi connectivity index (χ0) is 12.5. The fourth-order valence-electron chi connectivity index (χ4n) is 1.56. The van der Waals surface area contributed by atoms with Gasteiger partial charge in [-0.15, -0.1) is 0 Å². The molecule has 0 aliphatic heterocycles. The van der Waals surface area contributed by atoms with Crippen LogP contribution in [0.4, 0.5) is 0 Å². The molecule has 1 atom stereocenters. The molecule has 3 nitrogen and oxygen atoms in total. The van der Waals surface area contributed by atoms with E-state index in [0.717, 1.165) is 36.2 Å². The molecule has 0 saturated carbocycles. The van der Waals surface area contributed by atoms with E-state index in [1.807, 2.05) is 6.07 Å². The van der Waals surface area contributed by atoms with Crippen LogP contribution in [-0.4, -0.2) is 24.2 Å². The molecule has 0 bridgehead atoms. The Labute approximate surface area is 112 Å². The van der Waals surface area contributed by atoms with Crippen LogP contribution in [0.15, 0.2) is 22.9 Å². The van der Waals surface area contributed by atoms with Gasteiger partial charge >= 0.3 is 0 Å². The van der Waals surface area contributed by atoms with Gasteiger partial charge in [-0.25, -0.2) is 0 Å². The van der Waals surface area contributed by atoms with Crippen molar-refractivity contribution >= 4 is 15.9 Å². The normalized spacial score (nSPS) is 12.4. The molecule has 1 unspecified atom stereocenters. The molecule has 0 amide bonds. The SMILES string of the molecule is CCCNCCCC(C)Oc1cncc(Br)c1. The maximum Gasteiger partial charge on any atom is 0.139 e. The highest BCUT2D eigenvalue weighted by molar-refractivity contribution is 9.10. The second-order valence-corrected chi connectivity index (χ2v) is 5.08. The van der Waals surface area contributed by atoms with E-state index in [1.54, 1.807) is 12.4 Å². The molecule has 1 N–H and O–H groups in total. The number of nitrogens with zero attached hydrogens (tertiary/aromatic N) is 1. The molecular weight excluding hydrogens is 280 g/mol. The van der Waals surface area contributed by atoms with Gasteiger partial charge in [0, 0.05) is 10.7 Å². The summed E-state index contributed by atoms with van der Waals surface area (Å²) in [5.74, 6) is 0.827. The number of aromatic nitrogens is 1. The Bertz CT molecular complexity index is 320. The third-order valence-corrected chi connectivity index (χ3v) is 2.84. The molecule has 0 aromatic carbocycles. The zero-order valence-electron chi connectivity index (χ0n) is 10.6. The van der Waals surface area contributed by atoms with Crippen molar-refractivity contribution < 1.29 is 4.74 Å². The second-order valence-electron chi connectivity index (χ2n) is 4.16. The fourth-order valence-corrected chi connectivity index (χ4v) is 1.91. The standard InChI is InChI=1S/C13H21BrN2O/c1-3-6-15-7-4-5-11(2)17-13-8-12(14)9-16-10-13/h8-11,15H,3-7H2,1-2H3. The van der Waals surface area contributed by atoms with Crippen molar-refractivity contribution in [3.05, 3.63) is 22.9 Å². The van der Waals surface area contributed by atoms with Crippen LogP contribution >= 0.6 is 15.9 Å². The first-order chi connectivity index (χ1) is 8.22. The predicted octanol–water partition coefficient (Wildman–Crippen LogP) is 3.39. The average Bonchev–Trinajstić information content (AvgIpc) is 2.29. The van der Waals surface area contributed by atoms with E-state index < -0.39 is 0 Å². The molecule has 0 aliphatic rings. The van der Waals surface area contributed by atoms with Crippen molar-refractivity contribution in [1.82, 2.24) is 10.3 Å². The highest BCUT2D eigenvalue weighted by atomic mass is 79.9. The highest BCUT2D eigenvalue weighted by Crippen LogP contribution is 2.18. The summed E-state index contributed by atoms with van der Waals surface area (Å²) < 4.78 is 6.73. The van der Waals surface area contributed by atoms with Gasteiger partial charge in [-0.05, 0) is 61.3 Å². The van der Waals surface area contributed by atoms with Crippen LogP contribution in [0, 0.1) is 0 Å². The first kappa shape index (κ1) is 14.5. The van der Waals surface area contributed by atoms with E-state index in [9.17, 15) is 0 Å². The lowest BCUT2D eigenvalue weighted by Crippen LogP contribution is -2.19. The Morgan fingerprint density at radius 1 is 1.41 bits per heavy atom. The van der Waals surface area contributed by atoms with E-state index in [0.29, 0.717) is 0 Å². The maximum absolute atomic E-state index is 5.78. The Kier molecular flexibility index (Phi) is 7.21. The molecule has 1 heterocycles. The molecule has 0 fully saturated rings. The monoisotopic (exact) mass is 300 g/mol. The molecule has 0 saturated heterocycles. The van der Waals surface area contributed by atoms with Gasteiger partial charge in [-0.2, -0.15) is 0 Å². The number of ether oxygens (including phenoxy) is 1. The van der Waals surface area contributed by atoms with Crippen molar-refractivity contribution in [3.63, 3.8) is 0 Å². The molecule has 0 radical (unpaired) electrons. The third kappa shape index (κ3) is 6.64. The first-order valence-corrected chi connectivity index (χ1v) is 6.99. The summed E-state index contributed by atoms with van der Waals surface area (Å²) in [5, 5.41) is 3.39. The molecule has 0 spiro atoms. The third-order valence-electron chi connectivity index (χ3n) is 2.41. The van der Waals surface area contributed by atoms with Crippen molar-refractivity contribution in [2.24, 2.45) is 0 Å². The van der Waals surface area contributed by atoms with E-state index in [4.69, 9.17) is 4.74 Å². The van der Waals surface area contributed by atoms with E-state index >= 15 is 0 Å². The van der Waals surface area contributed by atoms with Crippen LogP contribution in [-0.2, 0) is 0 Å². The zero-order valence-corrected chi connectivity index (χ0v) is 12.2. The van der Waals surface area contributed by atoms with Crippen molar-refractivity contribution in [1.29, 1.82) is 0 Å². The van der Waals surface area contributed by atoms with Crippen LogP contribution in [0.1, 0.15) is 33.1 Å². The predicted molar refractivity (Wildman–Crippen MR) is 74.4 cm³/mol. The molecule has 96 valence electrons. The van der Waals surface area contributed by atoms with Crippen molar-refractivity contribution in [2.75, 3.05) is 13.1 Å². The van der Waals surface area contributed by atoms with E-state index in [1.165, 1.54) is 6.42 Å². The summed E-state index contributed by atoms with van der Waals surface area (Å²) in [5.41, 5.74) is 0. The molecule has 1 rings (SSSR count). The summed E-state index contributed by atoms with van der Waals surface area (Å²) in [6, 6.07) is 1.94. The van der Waals surface area contributed by atoms with Crippen molar-refractivity contribution in [2.45, 2.75) is 39.2 Å². The van der Waals surface area contributed by atoms with E-state index in [2.05, 4.69) is 40.1 Å². The number of nitrogens with one attached hydrogen (secondary N) is 1. The van der Waals surface area contributed by atoms with E-state index in [-0.39, 0.29) is 6.10 Å². The smallest absolute Gasteiger partial charge is 0.139 e. The number of pyridine rings is 1.